The van der Waals surface area contributed by atoms with Crippen LogP contribution in [-0.2, 0) is 4.79 Å². The molecule has 0 radical (unpaired) electrons. The minimum atomic E-state index is -2.96. The molecule has 0 amide bonds. The van der Waals surface area contributed by atoms with Crippen molar-refractivity contribution in [3.8, 4) is 5.75 Å². The largest absolute Gasteiger partial charge is 0.435 e. The molecule has 35 heavy (non-hydrogen) atoms. The van der Waals surface area contributed by atoms with Crippen molar-refractivity contribution < 1.29 is 22.7 Å². The van der Waals surface area contributed by atoms with E-state index in [0.29, 0.717) is 24.2 Å². The SMILES string of the molecule is CC.CC1CCC1.CCC(=O)CC(C)(C)C1CC1.CCC(C)=Nc1c(C)cc(OC(F)F)cc1F. The number of benzene rings is 1. The van der Waals surface area contributed by atoms with Gasteiger partial charge < -0.3 is 4.74 Å². The van der Waals surface area contributed by atoms with Crippen molar-refractivity contribution in [1.82, 2.24) is 0 Å². The third-order valence-electron chi connectivity index (χ3n) is 6.39. The summed E-state index contributed by atoms with van der Waals surface area (Å²) >= 11 is 0. The van der Waals surface area contributed by atoms with E-state index in [4.69, 9.17) is 0 Å². The van der Waals surface area contributed by atoms with Gasteiger partial charge in [0.2, 0.25) is 0 Å². The van der Waals surface area contributed by atoms with Gasteiger partial charge in [-0.1, -0.05) is 67.7 Å². The fourth-order valence-corrected chi connectivity index (χ4v) is 3.54. The van der Waals surface area contributed by atoms with Crippen molar-refractivity contribution >= 4 is 17.2 Å². The Morgan fingerprint density at radius 2 is 1.66 bits per heavy atom. The molecule has 0 aliphatic heterocycles. The zero-order valence-corrected chi connectivity index (χ0v) is 23.4. The van der Waals surface area contributed by atoms with E-state index in [0.717, 1.165) is 30.0 Å². The number of alkyl halides is 2. The Balaban J connectivity index is 0.000000544. The Hall–Kier alpha value is -1.85. The first-order valence-electron chi connectivity index (χ1n) is 13.2. The van der Waals surface area contributed by atoms with Gasteiger partial charge in [0.25, 0.3) is 0 Å². The average Bonchev–Trinajstić information content (AvgIpc) is 3.62. The molecule has 0 heterocycles. The first-order chi connectivity index (χ1) is 16.4. The Kier molecular flexibility index (Phi) is 15.9. The van der Waals surface area contributed by atoms with Crippen LogP contribution in [0.25, 0.3) is 0 Å². The number of aryl methyl sites for hydroxylation is 1. The lowest BCUT2D eigenvalue weighted by molar-refractivity contribution is -0.120. The summed E-state index contributed by atoms with van der Waals surface area (Å²) in [5.74, 6) is 1.46. The zero-order valence-electron chi connectivity index (χ0n) is 23.4. The molecule has 2 aliphatic carbocycles. The number of rotatable bonds is 8. The normalized spacial score (nSPS) is 15.5. The number of aliphatic imine (C=N–C) groups is 1. The molecule has 2 saturated carbocycles. The van der Waals surface area contributed by atoms with E-state index in [1.807, 2.05) is 27.7 Å². The summed E-state index contributed by atoms with van der Waals surface area (Å²) in [5, 5.41) is 0. The smallest absolute Gasteiger partial charge is 0.387 e. The summed E-state index contributed by atoms with van der Waals surface area (Å²) < 4.78 is 41.7. The van der Waals surface area contributed by atoms with Crippen molar-refractivity contribution in [1.29, 1.82) is 0 Å². The van der Waals surface area contributed by atoms with Crippen LogP contribution in [0.3, 0.4) is 0 Å². The Labute approximate surface area is 211 Å². The molecule has 2 aliphatic rings. The number of halogens is 3. The summed E-state index contributed by atoms with van der Waals surface area (Å²) in [5.41, 5.74) is 1.70. The number of ketones is 1. The van der Waals surface area contributed by atoms with Crippen LogP contribution >= 0.6 is 0 Å². The summed E-state index contributed by atoms with van der Waals surface area (Å²) in [6.45, 7) is 15.0. The highest BCUT2D eigenvalue weighted by Crippen LogP contribution is 2.47. The second kappa shape index (κ2) is 16.8. The van der Waals surface area contributed by atoms with Gasteiger partial charge in [0.1, 0.15) is 17.2 Å². The summed E-state index contributed by atoms with van der Waals surface area (Å²) in [6, 6.07) is 2.26. The third kappa shape index (κ3) is 13.7. The van der Waals surface area contributed by atoms with E-state index in [-0.39, 0.29) is 16.9 Å². The Bertz CT molecular complexity index is 759. The highest BCUT2D eigenvalue weighted by molar-refractivity contribution is 5.84. The lowest BCUT2D eigenvalue weighted by atomic mass is 9.82. The highest BCUT2D eigenvalue weighted by Gasteiger charge is 2.38. The zero-order chi connectivity index (χ0) is 27.2. The molecule has 1 aromatic rings. The third-order valence-corrected chi connectivity index (χ3v) is 6.39. The van der Waals surface area contributed by atoms with Gasteiger partial charge in [-0.05, 0) is 62.0 Å². The van der Waals surface area contributed by atoms with Gasteiger partial charge in [-0.2, -0.15) is 8.78 Å². The van der Waals surface area contributed by atoms with E-state index in [9.17, 15) is 18.0 Å². The molecular formula is C29H48F3NO2. The molecule has 0 saturated heterocycles. The highest BCUT2D eigenvalue weighted by atomic mass is 19.3. The van der Waals surface area contributed by atoms with Gasteiger partial charge in [-0.3, -0.25) is 9.79 Å². The molecule has 2 fully saturated rings. The molecule has 3 rings (SSSR count). The maximum atomic E-state index is 13.6. The van der Waals surface area contributed by atoms with Crippen LogP contribution in [0.2, 0.25) is 0 Å². The summed E-state index contributed by atoms with van der Waals surface area (Å²) in [4.78, 5) is 15.3. The molecule has 1 aromatic carbocycles. The molecule has 0 bridgehead atoms. The van der Waals surface area contributed by atoms with E-state index >= 15 is 0 Å². The van der Waals surface area contributed by atoms with Crippen molar-refractivity contribution in [2.45, 2.75) is 120 Å². The van der Waals surface area contributed by atoms with Gasteiger partial charge in [0, 0.05) is 24.6 Å². The molecule has 6 heteroatoms. The Morgan fingerprint density at radius 1 is 1.11 bits per heavy atom. The fraction of sp³-hybridized carbons (Fsp3) is 0.724. The lowest BCUT2D eigenvalue weighted by Gasteiger charge is -2.22. The maximum Gasteiger partial charge on any atom is 0.387 e. The standard InChI is InChI=1S/C12H14F3NO.C10H18O.C5H10.C2H6/c1-4-8(3)16-11-7(2)5-9(6-10(11)13)17-12(14)15;1-4-9(11)7-10(2,3)8-5-6-8;1-5-3-2-4-5;1-2/h5-6,12H,4H2,1-3H3;8H,4-7H2,1-3H3;5H,2-4H2,1H3;1-2H3. The molecule has 0 atom stereocenters. The molecule has 202 valence electrons. The van der Waals surface area contributed by atoms with Crippen molar-refractivity contribution in [3.05, 3.63) is 23.5 Å². The molecule has 0 unspecified atom stereocenters. The van der Waals surface area contributed by atoms with E-state index in [1.165, 1.54) is 38.2 Å². The van der Waals surface area contributed by atoms with Gasteiger partial charge in [0.05, 0.1) is 0 Å². The Morgan fingerprint density at radius 3 is 2.00 bits per heavy atom. The van der Waals surface area contributed by atoms with Gasteiger partial charge in [0.15, 0.2) is 5.82 Å². The van der Waals surface area contributed by atoms with Crippen LogP contribution in [0.15, 0.2) is 17.1 Å². The predicted octanol–water partition coefficient (Wildman–Crippen LogP) is 9.86. The van der Waals surface area contributed by atoms with Crippen LogP contribution in [0.1, 0.15) is 112 Å². The number of hydrogen-bond donors (Lipinski definition) is 0. The van der Waals surface area contributed by atoms with E-state index < -0.39 is 12.4 Å². The number of nitrogens with zero attached hydrogens (tertiary/aromatic N) is 1. The van der Waals surface area contributed by atoms with E-state index in [2.05, 4.69) is 30.5 Å². The number of carbonyl (C=O) groups excluding carboxylic acids is 1. The molecule has 0 N–H and O–H groups in total. The van der Waals surface area contributed by atoms with Gasteiger partial charge >= 0.3 is 6.61 Å². The number of carbonyl (C=O) groups is 1. The minimum Gasteiger partial charge on any atom is -0.435 e. The monoisotopic (exact) mass is 499 g/mol. The molecule has 3 nitrogen and oxygen atoms in total. The van der Waals surface area contributed by atoms with Crippen LogP contribution in [0, 0.1) is 30.0 Å². The number of hydrogen-bond acceptors (Lipinski definition) is 3. The number of ether oxygens (including phenoxy) is 1. The quantitative estimate of drug-likeness (QED) is 0.334. The maximum absolute atomic E-state index is 13.6. The van der Waals surface area contributed by atoms with Gasteiger partial charge in [-0.25, -0.2) is 4.39 Å². The number of Topliss-reactive ketones (excluding diaryl/α,β-unsaturated/α-hetero) is 1. The second-order valence-corrected chi connectivity index (χ2v) is 10.0. The first kappa shape index (κ1) is 33.1. The molecular weight excluding hydrogens is 451 g/mol. The van der Waals surface area contributed by atoms with Crippen LogP contribution in [0.4, 0.5) is 18.9 Å². The predicted molar refractivity (Wildman–Crippen MR) is 142 cm³/mol. The lowest BCUT2D eigenvalue weighted by Crippen LogP contribution is -2.18. The summed E-state index contributed by atoms with van der Waals surface area (Å²) in [6.07, 6.45) is 9.33. The molecule has 0 spiro atoms. The van der Waals surface area contributed by atoms with Gasteiger partial charge in [-0.15, -0.1) is 0 Å². The van der Waals surface area contributed by atoms with Crippen molar-refractivity contribution in [3.63, 3.8) is 0 Å². The topological polar surface area (TPSA) is 38.7 Å². The average molecular weight is 500 g/mol. The fourth-order valence-electron chi connectivity index (χ4n) is 3.54. The molecule has 0 aromatic heterocycles. The van der Waals surface area contributed by atoms with Crippen LogP contribution in [0.5, 0.6) is 5.75 Å². The van der Waals surface area contributed by atoms with Crippen molar-refractivity contribution in [2.24, 2.45) is 22.2 Å². The second-order valence-electron chi connectivity index (χ2n) is 10.0. The first-order valence-corrected chi connectivity index (χ1v) is 13.2. The van der Waals surface area contributed by atoms with E-state index in [1.54, 1.807) is 13.8 Å². The summed E-state index contributed by atoms with van der Waals surface area (Å²) in [7, 11) is 0. The van der Waals surface area contributed by atoms with Crippen LogP contribution < -0.4 is 4.74 Å². The minimum absolute atomic E-state index is 0.172. The van der Waals surface area contributed by atoms with Crippen molar-refractivity contribution in [2.75, 3.05) is 0 Å². The van der Waals surface area contributed by atoms with Crippen LogP contribution in [-0.4, -0.2) is 18.1 Å².